The molecule has 1 atom stereocenters. The van der Waals surface area contributed by atoms with E-state index >= 15 is 0 Å². The lowest BCUT2D eigenvalue weighted by molar-refractivity contribution is -0.141. The highest BCUT2D eigenvalue weighted by atomic mass is 32.1. The van der Waals surface area contributed by atoms with Gasteiger partial charge in [-0.3, -0.25) is 0 Å². The van der Waals surface area contributed by atoms with Crippen molar-refractivity contribution in [1.82, 2.24) is 4.98 Å². The van der Waals surface area contributed by atoms with Gasteiger partial charge in [0.25, 0.3) is 0 Å². The number of methoxy groups -OCH3 is 1. The average Bonchev–Trinajstić information content (AvgIpc) is 2.61. The minimum Gasteiger partial charge on any atom is -0.477 e. The quantitative estimate of drug-likeness (QED) is 0.912. The summed E-state index contributed by atoms with van der Waals surface area (Å²) in [6.07, 6.45) is -4.92. The first-order valence-corrected chi connectivity index (χ1v) is 5.40. The van der Waals surface area contributed by atoms with Crippen LogP contribution in [0.15, 0.2) is 0 Å². The second-order valence-corrected chi connectivity index (χ2v) is 4.42. The summed E-state index contributed by atoms with van der Waals surface area (Å²) in [7, 11) is 1.42. The van der Waals surface area contributed by atoms with E-state index in [9.17, 15) is 18.0 Å². The predicted molar refractivity (Wildman–Crippen MR) is 54.3 cm³/mol. The maximum absolute atomic E-state index is 12.5. The topological polar surface area (TPSA) is 59.4 Å². The zero-order chi connectivity index (χ0) is 13.2. The van der Waals surface area contributed by atoms with Crippen molar-refractivity contribution >= 4 is 17.3 Å². The fraction of sp³-hybridized carbons (Fsp3) is 0.556. The maximum atomic E-state index is 12.5. The number of hydrogen-bond donors (Lipinski definition) is 1. The van der Waals surface area contributed by atoms with Crippen LogP contribution >= 0.6 is 11.3 Å². The number of carbonyl (C=O) groups is 1. The number of aromatic carboxylic acids is 1. The van der Waals surface area contributed by atoms with Crippen molar-refractivity contribution in [3.63, 3.8) is 0 Å². The molecule has 96 valence electrons. The molecule has 0 amide bonds. The lowest BCUT2D eigenvalue weighted by Crippen LogP contribution is -2.12. The molecule has 17 heavy (non-hydrogen) atoms. The van der Waals surface area contributed by atoms with Crippen LogP contribution in [-0.4, -0.2) is 29.3 Å². The Hall–Kier alpha value is -1.15. The Bertz CT molecular complexity index is 416. The van der Waals surface area contributed by atoms with Gasteiger partial charge in [0.05, 0.1) is 11.1 Å². The van der Waals surface area contributed by atoms with Gasteiger partial charge in [0.1, 0.15) is 4.88 Å². The Kier molecular flexibility index (Phi) is 4.10. The van der Waals surface area contributed by atoms with Crippen LogP contribution in [0.5, 0.6) is 0 Å². The zero-order valence-corrected chi connectivity index (χ0v) is 9.85. The second-order valence-electron chi connectivity index (χ2n) is 3.34. The number of ether oxygens (including phenoxy) is 1. The third-order valence-corrected chi connectivity index (χ3v) is 3.06. The Balaban J connectivity index is 3.09. The normalized spacial score (nSPS) is 13.7. The first-order valence-electron chi connectivity index (χ1n) is 4.58. The van der Waals surface area contributed by atoms with Gasteiger partial charge in [-0.1, -0.05) is 0 Å². The molecule has 4 nitrogen and oxygen atoms in total. The second kappa shape index (κ2) is 5.01. The van der Waals surface area contributed by atoms with Crippen molar-refractivity contribution in [2.75, 3.05) is 7.11 Å². The number of alkyl halides is 3. The van der Waals surface area contributed by atoms with Crippen LogP contribution < -0.4 is 0 Å². The molecule has 1 N–H and O–H groups in total. The summed E-state index contributed by atoms with van der Waals surface area (Å²) in [4.78, 5) is 13.2. The van der Waals surface area contributed by atoms with Crippen LogP contribution in [0, 0.1) is 0 Å². The van der Waals surface area contributed by atoms with Crippen LogP contribution in [0.3, 0.4) is 0 Å². The largest absolute Gasteiger partial charge is 0.477 e. The van der Waals surface area contributed by atoms with E-state index in [1.54, 1.807) is 6.92 Å². The maximum Gasteiger partial charge on any atom is 0.435 e. The Labute approximate surface area is 99.0 Å². The monoisotopic (exact) mass is 269 g/mol. The van der Waals surface area contributed by atoms with Crippen molar-refractivity contribution in [3.8, 4) is 0 Å². The average molecular weight is 269 g/mol. The number of thiazole rings is 1. The number of nitrogens with zero attached hydrogens (tertiary/aromatic N) is 1. The summed E-state index contributed by atoms with van der Waals surface area (Å²) < 4.78 is 42.4. The highest BCUT2D eigenvalue weighted by molar-refractivity contribution is 7.13. The zero-order valence-electron chi connectivity index (χ0n) is 9.04. The molecule has 1 heterocycles. The lowest BCUT2D eigenvalue weighted by atomic mass is 10.3. The third-order valence-electron chi connectivity index (χ3n) is 2.00. The molecule has 0 saturated heterocycles. The van der Waals surface area contributed by atoms with Gasteiger partial charge in [-0.15, -0.1) is 11.3 Å². The fourth-order valence-electron chi connectivity index (χ4n) is 1.12. The van der Waals surface area contributed by atoms with E-state index in [4.69, 9.17) is 9.84 Å². The number of carboxylic acid groups (broad SMARTS) is 1. The van der Waals surface area contributed by atoms with E-state index in [1.807, 2.05) is 0 Å². The van der Waals surface area contributed by atoms with Gasteiger partial charge in [-0.2, -0.15) is 13.2 Å². The van der Waals surface area contributed by atoms with Crippen molar-refractivity contribution < 1.29 is 27.8 Å². The van der Waals surface area contributed by atoms with E-state index in [0.717, 1.165) is 0 Å². The van der Waals surface area contributed by atoms with E-state index < -0.39 is 22.7 Å². The van der Waals surface area contributed by atoms with Crippen LogP contribution in [0.2, 0.25) is 0 Å². The van der Waals surface area contributed by atoms with E-state index in [-0.39, 0.29) is 17.5 Å². The van der Waals surface area contributed by atoms with Crippen LogP contribution in [0.25, 0.3) is 0 Å². The standard InChI is InChI=1S/C9H10F3NO3S/c1-4(16-2)3-5-13-7(9(10,11)12)6(17-5)8(14)15/h4H,3H2,1-2H3,(H,14,15). The van der Waals surface area contributed by atoms with Crippen molar-refractivity contribution in [2.24, 2.45) is 0 Å². The summed E-state index contributed by atoms with van der Waals surface area (Å²) in [5.74, 6) is -1.62. The smallest absolute Gasteiger partial charge is 0.435 e. The molecule has 0 aliphatic carbocycles. The Morgan fingerprint density at radius 2 is 2.18 bits per heavy atom. The molecule has 0 spiro atoms. The number of rotatable bonds is 4. The number of aromatic nitrogens is 1. The van der Waals surface area contributed by atoms with E-state index in [1.165, 1.54) is 7.11 Å². The van der Waals surface area contributed by atoms with Gasteiger partial charge in [0, 0.05) is 13.5 Å². The van der Waals surface area contributed by atoms with Crippen LogP contribution in [0.1, 0.15) is 27.3 Å². The van der Waals surface area contributed by atoms with Gasteiger partial charge >= 0.3 is 12.1 Å². The SMILES string of the molecule is COC(C)Cc1nc(C(F)(F)F)c(C(=O)O)s1. The van der Waals surface area contributed by atoms with E-state index in [2.05, 4.69) is 4.98 Å². The van der Waals surface area contributed by atoms with Gasteiger partial charge in [0.15, 0.2) is 5.69 Å². The molecule has 8 heteroatoms. The van der Waals surface area contributed by atoms with Crippen molar-refractivity contribution in [3.05, 3.63) is 15.6 Å². The summed E-state index contributed by atoms with van der Waals surface area (Å²) in [5.41, 5.74) is -1.34. The minimum atomic E-state index is -4.75. The molecule has 0 saturated carbocycles. The molecule has 1 unspecified atom stereocenters. The number of hydrogen-bond acceptors (Lipinski definition) is 4. The molecule has 1 aromatic heterocycles. The van der Waals surface area contributed by atoms with Crippen molar-refractivity contribution in [1.29, 1.82) is 0 Å². The molecular formula is C9H10F3NO3S. The summed E-state index contributed by atoms with van der Waals surface area (Å²) >= 11 is 0.528. The molecule has 0 aromatic carbocycles. The molecular weight excluding hydrogens is 259 g/mol. The van der Waals surface area contributed by atoms with E-state index in [0.29, 0.717) is 11.3 Å². The molecule has 0 fully saturated rings. The van der Waals surface area contributed by atoms with Crippen LogP contribution in [-0.2, 0) is 17.3 Å². The predicted octanol–water partition coefficient (Wildman–Crippen LogP) is 2.44. The number of halogens is 3. The molecule has 0 radical (unpaired) electrons. The van der Waals surface area contributed by atoms with Gasteiger partial charge < -0.3 is 9.84 Å². The first-order chi connectivity index (χ1) is 7.75. The summed E-state index contributed by atoms with van der Waals surface area (Å²) in [6.45, 7) is 1.66. The van der Waals surface area contributed by atoms with Crippen LogP contribution in [0.4, 0.5) is 13.2 Å². The summed E-state index contributed by atoms with van der Waals surface area (Å²) in [5, 5.41) is 8.77. The molecule has 1 aromatic rings. The molecule has 0 aliphatic rings. The number of carboxylic acids is 1. The fourth-order valence-corrected chi connectivity index (χ4v) is 2.15. The van der Waals surface area contributed by atoms with Gasteiger partial charge in [-0.05, 0) is 6.92 Å². The Morgan fingerprint density at radius 3 is 2.53 bits per heavy atom. The highest BCUT2D eigenvalue weighted by Gasteiger charge is 2.39. The first kappa shape index (κ1) is 13.9. The summed E-state index contributed by atoms with van der Waals surface area (Å²) in [6, 6.07) is 0. The highest BCUT2D eigenvalue weighted by Crippen LogP contribution is 2.34. The molecule has 0 bridgehead atoms. The van der Waals surface area contributed by atoms with Crippen molar-refractivity contribution in [2.45, 2.75) is 25.6 Å². The molecule has 0 aliphatic heterocycles. The molecule has 1 rings (SSSR count). The lowest BCUT2D eigenvalue weighted by Gasteiger charge is -2.05. The third kappa shape index (κ3) is 3.40. The minimum absolute atomic E-state index is 0.101. The van der Waals surface area contributed by atoms with Gasteiger partial charge in [-0.25, -0.2) is 9.78 Å². The van der Waals surface area contributed by atoms with Gasteiger partial charge in [0.2, 0.25) is 0 Å². The Morgan fingerprint density at radius 1 is 1.59 bits per heavy atom.